The summed E-state index contributed by atoms with van der Waals surface area (Å²) in [5.41, 5.74) is 1.75. The van der Waals surface area contributed by atoms with Crippen LogP contribution in [0.3, 0.4) is 0 Å². The Balaban J connectivity index is 1.20. The van der Waals surface area contributed by atoms with Gasteiger partial charge in [-0.1, -0.05) is 34.4 Å². The van der Waals surface area contributed by atoms with Gasteiger partial charge in [-0.15, -0.1) is 0 Å². The van der Waals surface area contributed by atoms with Crippen molar-refractivity contribution in [3.05, 3.63) is 50.4 Å². The second-order valence-electron chi connectivity index (χ2n) is 7.88. The molecule has 32 heavy (non-hydrogen) atoms. The molecule has 11 heteroatoms. The van der Waals surface area contributed by atoms with Crippen LogP contribution < -0.4 is 5.32 Å². The quantitative estimate of drug-likeness (QED) is 0.481. The Morgan fingerprint density at radius 2 is 2.06 bits per heavy atom. The van der Waals surface area contributed by atoms with E-state index >= 15 is 0 Å². The van der Waals surface area contributed by atoms with Crippen LogP contribution in [0, 0.1) is 0 Å². The number of nitrogens with one attached hydrogen (secondary N) is 1. The molecule has 1 aromatic carbocycles. The average molecular weight is 542 g/mol. The maximum absolute atomic E-state index is 12.4. The van der Waals surface area contributed by atoms with Crippen molar-refractivity contribution in [1.82, 2.24) is 30.1 Å². The Bertz CT molecular complexity index is 1090. The molecule has 0 bridgehead atoms. The van der Waals surface area contributed by atoms with Crippen molar-refractivity contribution in [3.63, 3.8) is 0 Å². The van der Waals surface area contributed by atoms with E-state index in [9.17, 15) is 4.79 Å². The number of carbonyl (C=O) groups excluding carboxylic acids is 1. The molecule has 1 saturated heterocycles. The molecular weight excluding hydrogens is 519 g/mol. The summed E-state index contributed by atoms with van der Waals surface area (Å²) in [6.07, 6.45) is 4.32. The highest BCUT2D eigenvalue weighted by Gasteiger charge is 2.21. The molecule has 8 nitrogen and oxygen atoms in total. The molecule has 2 aromatic heterocycles. The van der Waals surface area contributed by atoms with Crippen LogP contribution in [-0.2, 0) is 24.8 Å². The number of benzene rings is 1. The third-order valence-corrected chi connectivity index (χ3v) is 6.69. The van der Waals surface area contributed by atoms with Gasteiger partial charge in [0.2, 0.25) is 17.6 Å². The predicted octanol–water partition coefficient (Wildman–Crippen LogP) is 4.25. The van der Waals surface area contributed by atoms with E-state index in [1.807, 2.05) is 31.4 Å². The van der Waals surface area contributed by atoms with E-state index in [1.54, 1.807) is 4.68 Å². The van der Waals surface area contributed by atoms with Crippen LogP contribution in [0.1, 0.15) is 30.7 Å². The van der Waals surface area contributed by atoms with Gasteiger partial charge in [0.05, 0.1) is 14.5 Å². The first-order valence-electron chi connectivity index (χ1n) is 10.3. The van der Waals surface area contributed by atoms with Crippen molar-refractivity contribution in [2.24, 2.45) is 7.05 Å². The number of aryl methyl sites for hydroxylation is 2. The fraction of sp³-hybridized carbons (Fsp3) is 0.429. The van der Waals surface area contributed by atoms with Crippen molar-refractivity contribution in [1.29, 1.82) is 0 Å². The number of aromatic nitrogens is 4. The molecular formula is C21H23BrCl2N6O2. The standard InChI is InChI=1S/C21H23BrCl2N6O2/c1-29-12-15(22)20(27-29)21-26-19(32-28-21)5-4-18(31)25-14-6-8-30(9-7-14)11-13-2-3-16(23)17(24)10-13/h2-3,10,12,14H,4-9,11H2,1H3,(H,25,31). The van der Waals surface area contributed by atoms with Crippen molar-refractivity contribution in [2.75, 3.05) is 13.1 Å². The number of carbonyl (C=O) groups is 1. The SMILES string of the molecule is Cn1cc(Br)c(-c2noc(CCC(=O)NC3CCN(Cc4ccc(Cl)c(Cl)c4)CC3)n2)n1. The minimum Gasteiger partial charge on any atom is -0.353 e. The minimum absolute atomic E-state index is 0.00769. The number of rotatable bonds is 7. The van der Waals surface area contributed by atoms with E-state index in [1.165, 1.54) is 0 Å². The maximum atomic E-state index is 12.4. The second kappa shape index (κ2) is 10.3. The van der Waals surface area contributed by atoms with Crippen molar-refractivity contribution in [2.45, 2.75) is 38.3 Å². The van der Waals surface area contributed by atoms with Gasteiger partial charge in [-0.05, 0) is 46.5 Å². The van der Waals surface area contributed by atoms with Crippen molar-refractivity contribution < 1.29 is 9.32 Å². The Morgan fingerprint density at radius 3 is 2.75 bits per heavy atom. The number of piperidine rings is 1. The van der Waals surface area contributed by atoms with E-state index in [-0.39, 0.29) is 11.9 Å². The molecule has 0 aliphatic carbocycles. The third kappa shape index (κ3) is 5.89. The lowest BCUT2D eigenvalue weighted by atomic mass is 10.0. The van der Waals surface area contributed by atoms with Gasteiger partial charge in [0.15, 0.2) is 0 Å². The molecule has 1 aliphatic rings. The summed E-state index contributed by atoms with van der Waals surface area (Å²) >= 11 is 15.5. The molecule has 0 saturated carbocycles. The molecule has 1 fully saturated rings. The zero-order valence-corrected chi connectivity index (χ0v) is 20.6. The zero-order chi connectivity index (χ0) is 22.7. The van der Waals surface area contributed by atoms with Crippen LogP contribution >= 0.6 is 39.1 Å². The molecule has 1 amide bonds. The summed E-state index contributed by atoms with van der Waals surface area (Å²) in [6, 6.07) is 5.91. The summed E-state index contributed by atoms with van der Waals surface area (Å²) in [7, 11) is 1.82. The van der Waals surface area contributed by atoms with E-state index in [2.05, 4.69) is 41.4 Å². The summed E-state index contributed by atoms with van der Waals surface area (Å²) in [5, 5.41) is 12.5. The second-order valence-corrected chi connectivity index (χ2v) is 9.55. The molecule has 0 unspecified atom stereocenters. The van der Waals surface area contributed by atoms with Crippen LogP contribution in [0.4, 0.5) is 0 Å². The van der Waals surface area contributed by atoms with E-state index in [0.29, 0.717) is 40.3 Å². The van der Waals surface area contributed by atoms with Crippen LogP contribution in [0.15, 0.2) is 33.4 Å². The molecule has 0 atom stereocenters. The van der Waals surface area contributed by atoms with Gasteiger partial charge < -0.3 is 9.84 Å². The first-order chi connectivity index (χ1) is 15.4. The number of hydrogen-bond donors (Lipinski definition) is 1. The monoisotopic (exact) mass is 540 g/mol. The maximum Gasteiger partial charge on any atom is 0.227 e. The van der Waals surface area contributed by atoms with Gasteiger partial charge in [0, 0.05) is 51.8 Å². The number of hydrogen-bond acceptors (Lipinski definition) is 6. The molecule has 3 heterocycles. The number of nitrogens with zero attached hydrogens (tertiary/aromatic N) is 5. The van der Waals surface area contributed by atoms with Crippen LogP contribution in [0.5, 0.6) is 0 Å². The fourth-order valence-corrected chi connectivity index (χ4v) is 4.59. The van der Waals surface area contributed by atoms with Gasteiger partial charge in [0.25, 0.3) is 0 Å². The summed E-state index contributed by atoms with van der Waals surface area (Å²) < 4.78 is 7.73. The van der Waals surface area contributed by atoms with Gasteiger partial charge in [0.1, 0.15) is 5.69 Å². The highest BCUT2D eigenvalue weighted by atomic mass is 79.9. The largest absolute Gasteiger partial charge is 0.353 e. The van der Waals surface area contributed by atoms with Crippen LogP contribution in [0.2, 0.25) is 10.0 Å². The van der Waals surface area contributed by atoms with Crippen LogP contribution in [0.25, 0.3) is 11.5 Å². The number of amides is 1. The number of halogens is 3. The Labute approximate surface area is 204 Å². The fourth-order valence-electron chi connectivity index (χ4n) is 3.72. The minimum atomic E-state index is -0.00769. The molecule has 0 spiro atoms. The summed E-state index contributed by atoms with van der Waals surface area (Å²) in [4.78, 5) is 19.1. The van der Waals surface area contributed by atoms with E-state index < -0.39 is 0 Å². The third-order valence-electron chi connectivity index (χ3n) is 5.37. The Hall–Kier alpha value is -1.94. The highest BCUT2D eigenvalue weighted by molar-refractivity contribution is 9.10. The van der Waals surface area contributed by atoms with E-state index in [4.69, 9.17) is 27.7 Å². The first-order valence-corrected chi connectivity index (χ1v) is 11.9. The molecule has 0 radical (unpaired) electrons. The first kappa shape index (κ1) is 23.2. The highest BCUT2D eigenvalue weighted by Crippen LogP contribution is 2.25. The normalized spacial score (nSPS) is 15.2. The van der Waals surface area contributed by atoms with Gasteiger partial charge in [-0.3, -0.25) is 14.4 Å². The molecule has 170 valence electrons. The molecule has 3 aromatic rings. The van der Waals surface area contributed by atoms with E-state index in [0.717, 1.165) is 42.5 Å². The molecule has 1 aliphatic heterocycles. The lowest BCUT2D eigenvalue weighted by Gasteiger charge is -2.32. The van der Waals surface area contributed by atoms with Crippen LogP contribution in [-0.4, -0.2) is 49.9 Å². The average Bonchev–Trinajstić information content (AvgIpc) is 3.36. The van der Waals surface area contributed by atoms with Crippen molar-refractivity contribution >= 4 is 45.0 Å². The van der Waals surface area contributed by atoms with Gasteiger partial charge in [-0.25, -0.2) is 0 Å². The lowest BCUT2D eigenvalue weighted by molar-refractivity contribution is -0.122. The molecule has 1 N–H and O–H groups in total. The molecule has 4 rings (SSSR count). The van der Waals surface area contributed by atoms with Gasteiger partial charge in [-0.2, -0.15) is 10.1 Å². The smallest absolute Gasteiger partial charge is 0.227 e. The predicted molar refractivity (Wildman–Crippen MR) is 125 cm³/mol. The summed E-state index contributed by atoms with van der Waals surface area (Å²) in [6.45, 7) is 2.65. The van der Waals surface area contributed by atoms with Gasteiger partial charge >= 0.3 is 0 Å². The zero-order valence-electron chi connectivity index (χ0n) is 17.5. The number of likely N-dealkylation sites (tertiary alicyclic amines) is 1. The Morgan fingerprint density at radius 1 is 1.28 bits per heavy atom. The van der Waals surface area contributed by atoms with Crippen molar-refractivity contribution in [3.8, 4) is 11.5 Å². The lowest BCUT2D eigenvalue weighted by Crippen LogP contribution is -2.44. The summed E-state index contributed by atoms with van der Waals surface area (Å²) in [5.74, 6) is 0.818. The topological polar surface area (TPSA) is 89.1 Å². The Kier molecular flexibility index (Phi) is 7.50.